The van der Waals surface area contributed by atoms with Crippen LogP contribution < -0.4 is 4.74 Å². The summed E-state index contributed by atoms with van der Waals surface area (Å²) in [6.07, 6.45) is 3.27. The molecule has 0 N–H and O–H groups in total. The van der Waals surface area contributed by atoms with Gasteiger partial charge in [-0.25, -0.2) is 0 Å². The highest BCUT2D eigenvalue weighted by Gasteiger charge is 2.27. The Bertz CT molecular complexity index is 603. The third-order valence-electron chi connectivity index (χ3n) is 4.33. The van der Waals surface area contributed by atoms with Gasteiger partial charge in [0.1, 0.15) is 5.75 Å². The molecule has 0 heterocycles. The fraction of sp³-hybridized carbons (Fsp3) is 0.478. The summed E-state index contributed by atoms with van der Waals surface area (Å²) in [4.78, 5) is 0. The molecule has 2 rings (SSSR count). The normalized spacial score (nSPS) is 12.2. The Labute approximate surface area is 148 Å². The Kier molecular flexibility index (Phi) is 6.10. The quantitative estimate of drug-likeness (QED) is 0.534. The second-order valence-corrected chi connectivity index (χ2v) is 8.58. The van der Waals surface area contributed by atoms with Crippen molar-refractivity contribution in [1.29, 1.82) is 0 Å². The lowest BCUT2D eigenvalue weighted by Gasteiger charge is -2.33. The predicted molar refractivity (Wildman–Crippen MR) is 104 cm³/mol. The molecule has 0 unspecified atom stereocenters. The Morgan fingerprint density at radius 1 is 0.792 bits per heavy atom. The predicted octanol–water partition coefficient (Wildman–Crippen LogP) is 6.41. The van der Waals surface area contributed by atoms with Gasteiger partial charge in [0.25, 0.3) is 0 Å². The maximum atomic E-state index is 5.90. The molecular formula is C23H32O. The minimum absolute atomic E-state index is 0.185. The van der Waals surface area contributed by atoms with Crippen LogP contribution in [0.15, 0.2) is 54.6 Å². The average molecular weight is 325 g/mol. The van der Waals surface area contributed by atoms with E-state index < -0.39 is 0 Å². The number of benzene rings is 2. The highest BCUT2D eigenvalue weighted by molar-refractivity contribution is 5.31. The molecule has 0 atom stereocenters. The first-order valence-corrected chi connectivity index (χ1v) is 9.04. The summed E-state index contributed by atoms with van der Waals surface area (Å²) in [5, 5.41) is 0. The Balaban J connectivity index is 1.83. The SMILES string of the molecule is CC(C)(C)CC(C)(C)c1ccc(OCCCc2ccccc2)cc1. The Morgan fingerprint density at radius 2 is 1.42 bits per heavy atom. The van der Waals surface area contributed by atoms with Gasteiger partial charge in [0, 0.05) is 0 Å². The van der Waals surface area contributed by atoms with Crippen LogP contribution in [0.2, 0.25) is 0 Å². The van der Waals surface area contributed by atoms with Crippen molar-refractivity contribution in [2.75, 3.05) is 6.61 Å². The van der Waals surface area contributed by atoms with Crippen LogP contribution in [0.4, 0.5) is 0 Å². The molecule has 0 aromatic heterocycles. The van der Waals surface area contributed by atoms with Gasteiger partial charge in [-0.3, -0.25) is 0 Å². The molecular weight excluding hydrogens is 292 g/mol. The number of rotatable bonds is 7. The van der Waals surface area contributed by atoms with Crippen molar-refractivity contribution in [3.63, 3.8) is 0 Å². The maximum Gasteiger partial charge on any atom is 0.119 e. The molecule has 0 saturated heterocycles. The molecule has 0 radical (unpaired) electrons. The summed E-state index contributed by atoms with van der Waals surface area (Å²) >= 11 is 0. The van der Waals surface area contributed by atoms with Gasteiger partial charge in [-0.15, -0.1) is 0 Å². The van der Waals surface area contributed by atoms with E-state index in [1.165, 1.54) is 11.1 Å². The number of hydrogen-bond donors (Lipinski definition) is 0. The van der Waals surface area contributed by atoms with Crippen LogP contribution in [-0.4, -0.2) is 6.61 Å². The standard InChI is InChI=1S/C23H32O/c1-22(2,3)18-23(4,5)20-13-15-21(16-14-20)24-17-9-12-19-10-7-6-8-11-19/h6-8,10-11,13-16H,9,12,17-18H2,1-5H3. The van der Waals surface area contributed by atoms with Crippen molar-refractivity contribution in [3.05, 3.63) is 65.7 Å². The van der Waals surface area contributed by atoms with E-state index in [4.69, 9.17) is 4.74 Å². The Hall–Kier alpha value is -1.76. The zero-order valence-electron chi connectivity index (χ0n) is 15.9. The van der Waals surface area contributed by atoms with E-state index in [-0.39, 0.29) is 5.41 Å². The topological polar surface area (TPSA) is 9.23 Å². The van der Waals surface area contributed by atoms with Crippen molar-refractivity contribution in [2.45, 2.75) is 59.3 Å². The first-order valence-electron chi connectivity index (χ1n) is 9.04. The monoisotopic (exact) mass is 324 g/mol. The molecule has 0 bridgehead atoms. The molecule has 24 heavy (non-hydrogen) atoms. The smallest absolute Gasteiger partial charge is 0.119 e. The molecule has 1 heteroatoms. The molecule has 0 fully saturated rings. The average Bonchev–Trinajstić information content (AvgIpc) is 2.51. The van der Waals surface area contributed by atoms with Gasteiger partial charge in [0.15, 0.2) is 0 Å². The number of aryl methyl sites for hydroxylation is 1. The van der Waals surface area contributed by atoms with Gasteiger partial charge in [0.2, 0.25) is 0 Å². The lowest BCUT2D eigenvalue weighted by Crippen LogP contribution is -2.24. The van der Waals surface area contributed by atoms with Gasteiger partial charge >= 0.3 is 0 Å². The van der Waals surface area contributed by atoms with Crippen LogP contribution >= 0.6 is 0 Å². The molecule has 2 aromatic carbocycles. The van der Waals surface area contributed by atoms with Crippen LogP contribution in [0, 0.1) is 5.41 Å². The molecule has 130 valence electrons. The molecule has 0 aliphatic rings. The Morgan fingerprint density at radius 3 is 2.00 bits per heavy atom. The van der Waals surface area contributed by atoms with Crippen LogP contribution in [0.1, 0.15) is 58.6 Å². The van der Waals surface area contributed by atoms with Crippen molar-refractivity contribution in [3.8, 4) is 5.75 Å². The van der Waals surface area contributed by atoms with Gasteiger partial charge in [-0.05, 0) is 53.4 Å². The molecule has 0 aliphatic carbocycles. The molecule has 2 aromatic rings. The zero-order valence-corrected chi connectivity index (χ0v) is 15.9. The largest absolute Gasteiger partial charge is 0.494 e. The van der Waals surface area contributed by atoms with E-state index in [9.17, 15) is 0 Å². The molecule has 0 amide bonds. The third kappa shape index (κ3) is 6.03. The van der Waals surface area contributed by atoms with E-state index >= 15 is 0 Å². The molecule has 0 spiro atoms. The highest BCUT2D eigenvalue weighted by atomic mass is 16.5. The minimum Gasteiger partial charge on any atom is -0.494 e. The van der Waals surface area contributed by atoms with Crippen molar-refractivity contribution >= 4 is 0 Å². The second-order valence-electron chi connectivity index (χ2n) is 8.58. The molecule has 0 saturated carbocycles. The summed E-state index contributed by atoms with van der Waals surface area (Å²) in [6.45, 7) is 12.3. The summed E-state index contributed by atoms with van der Waals surface area (Å²) in [5.41, 5.74) is 3.27. The fourth-order valence-electron chi connectivity index (χ4n) is 3.54. The van der Waals surface area contributed by atoms with Crippen molar-refractivity contribution in [2.24, 2.45) is 5.41 Å². The van der Waals surface area contributed by atoms with Gasteiger partial charge in [-0.2, -0.15) is 0 Å². The first kappa shape index (κ1) is 18.6. The van der Waals surface area contributed by atoms with E-state index in [0.29, 0.717) is 5.41 Å². The lowest BCUT2D eigenvalue weighted by atomic mass is 9.72. The van der Waals surface area contributed by atoms with E-state index in [1.54, 1.807) is 0 Å². The van der Waals surface area contributed by atoms with Gasteiger partial charge in [-0.1, -0.05) is 77.1 Å². The maximum absolute atomic E-state index is 5.90. The third-order valence-corrected chi connectivity index (χ3v) is 4.33. The highest BCUT2D eigenvalue weighted by Crippen LogP contribution is 2.36. The minimum atomic E-state index is 0.185. The lowest BCUT2D eigenvalue weighted by molar-refractivity contribution is 0.283. The van der Waals surface area contributed by atoms with Gasteiger partial charge < -0.3 is 4.74 Å². The summed E-state index contributed by atoms with van der Waals surface area (Å²) in [5.74, 6) is 0.971. The van der Waals surface area contributed by atoms with Crippen LogP contribution in [0.25, 0.3) is 0 Å². The number of hydrogen-bond acceptors (Lipinski definition) is 1. The summed E-state index contributed by atoms with van der Waals surface area (Å²) in [6, 6.07) is 19.3. The van der Waals surface area contributed by atoms with Crippen LogP contribution in [-0.2, 0) is 11.8 Å². The van der Waals surface area contributed by atoms with Crippen LogP contribution in [0.3, 0.4) is 0 Å². The van der Waals surface area contributed by atoms with Gasteiger partial charge in [0.05, 0.1) is 6.61 Å². The van der Waals surface area contributed by atoms with Crippen LogP contribution in [0.5, 0.6) is 5.75 Å². The fourth-order valence-corrected chi connectivity index (χ4v) is 3.54. The first-order chi connectivity index (χ1) is 11.3. The van der Waals surface area contributed by atoms with E-state index in [0.717, 1.165) is 31.6 Å². The zero-order chi connectivity index (χ0) is 17.6. The number of ether oxygens (including phenoxy) is 1. The van der Waals surface area contributed by atoms with Crippen molar-refractivity contribution < 1.29 is 4.74 Å². The molecule has 1 nitrogen and oxygen atoms in total. The summed E-state index contributed by atoms with van der Waals surface area (Å²) in [7, 11) is 0. The van der Waals surface area contributed by atoms with E-state index in [2.05, 4.69) is 89.2 Å². The van der Waals surface area contributed by atoms with E-state index in [1.807, 2.05) is 0 Å². The second kappa shape index (κ2) is 7.88. The van der Waals surface area contributed by atoms with Crippen molar-refractivity contribution in [1.82, 2.24) is 0 Å². The molecule has 0 aliphatic heterocycles. The summed E-state index contributed by atoms with van der Waals surface area (Å²) < 4.78 is 5.90.